The maximum Gasteiger partial charge on any atom is 0.168 e. The number of aryl methyl sites for hydroxylation is 1. The van der Waals surface area contributed by atoms with Crippen LogP contribution in [0.15, 0.2) is 24.4 Å². The van der Waals surface area contributed by atoms with E-state index in [-0.39, 0.29) is 11.7 Å². The molecule has 18 heavy (non-hydrogen) atoms. The zero-order valence-corrected chi connectivity index (χ0v) is 11.6. The summed E-state index contributed by atoms with van der Waals surface area (Å²) in [5.41, 5.74) is 3.21. The Labute approximate surface area is 108 Å². The number of para-hydroxylation sites is 1. The van der Waals surface area contributed by atoms with E-state index in [2.05, 4.69) is 31.8 Å². The Morgan fingerprint density at radius 1 is 1.28 bits per heavy atom. The topological polar surface area (TPSA) is 32.9 Å². The van der Waals surface area contributed by atoms with Gasteiger partial charge in [0.1, 0.15) is 0 Å². The van der Waals surface area contributed by atoms with Crippen LogP contribution in [0.3, 0.4) is 0 Å². The fourth-order valence-electron chi connectivity index (χ4n) is 2.26. The van der Waals surface area contributed by atoms with Crippen molar-refractivity contribution >= 4 is 16.7 Å². The van der Waals surface area contributed by atoms with E-state index in [4.69, 9.17) is 0 Å². The number of benzene rings is 1. The van der Waals surface area contributed by atoms with Gasteiger partial charge in [-0.15, -0.1) is 0 Å². The molecule has 96 valence electrons. The van der Waals surface area contributed by atoms with Gasteiger partial charge in [-0.2, -0.15) is 0 Å². The number of nitrogens with one attached hydrogen (secondary N) is 1. The summed E-state index contributed by atoms with van der Waals surface area (Å²) in [5, 5.41) is 1.06. The van der Waals surface area contributed by atoms with E-state index in [0.29, 0.717) is 5.92 Å². The average molecular weight is 243 g/mol. The molecule has 2 rings (SSSR count). The second-order valence-corrected chi connectivity index (χ2v) is 5.29. The van der Waals surface area contributed by atoms with Crippen LogP contribution in [-0.4, -0.2) is 10.8 Å². The predicted octanol–water partition coefficient (Wildman–Crippen LogP) is 4.21. The van der Waals surface area contributed by atoms with Crippen LogP contribution in [0.5, 0.6) is 0 Å². The normalized spacial score (nSPS) is 13.2. The molecule has 0 bridgehead atoms. The molecule has 2 aromatic rings. The van der Waals surface area contributed by atoms with Crippen molar-refractivity contribution in [2.24, 2.45) is 11.8 Å². The molecule has 1 unspecified atom stereocenters. The molecule has 0 aliphatic heterocycles. The fourth-order valence-corrected chi connectivity index (χ4v) is 2.26. The standard InChI is InChI=1S/C16H21NO/c1-5-12-7-6-8-13-14(9-17-15(12)13)16(18)11(4)10(2)3/h6-11,17H,5H2,1-4H3. The number of H-pyrrole nitrogens is 1. The van der Waals surface area contributed by atoms with Crippen LogP contribution >= 0.6 is 0 Å². The molecule has 1 atom stereocenters. The quantitative estimate of drug-likeness (QED) is 0.802. The molecule has 0 aliphatic carbocycles. The molecule has 0 amide bonds. The lowest BCUT2D eigenvalue weighted by molar-refractivity contribution is 0.0901. The molecule has 2 nitrogen and oxygen atoms in total. The molecule has 1 heterocycles. The molecule has 0 saturated carbocycles. The number of fused-ring (bicyclic) bond motifs is 1. The van der Waals surface area contributed by atoms with Crippen molar-refractivity contribution in [3.05, 3.63) is 35.5 Å². The second kappa shape index (κ2) is 4.97. The van der Waals surface area contributed by atoms with E-state index in [9.17, 15) is 4.79 Å². The van der Waals surface area contributed by atoms with Gasteiger partial charge in [-0.1, -0.05) is 45.9 Å². The van der Waals surface area contributed by atoms with Gasteiger partial charge in [0.15, 0.2) is 5.78 Å². The zero-order valence-electron chi connectivity index (χ0n) is 11.6. The lowest BCUT2D eigenvalue weighted by atomic mass is 9.89. The lowest BCUT2D eigenvalue weighted by Gasteiger charge is -2.13. The highest BCUT2D eigenvalue weighted by atomic mass is 16.1. The van der Waals surface area contributed by atoms with Gasteiger partial charge in [0.25, 0.3) is 0 Å². The van der Waals surface area contributed by atoms with Gasteiger partial charge >= 0.3 is 0 Å². The smallest absolute Gasteiger partial charge is 0.168 e. The van der Waals surface area contributed by atoms with Crippen molar-refractivity contribution in [3.63, 3.8) is 0 Å². The molecule has 0 spiro atoms. The Bertz CT molecular complexity index is 565. The van der Waals surface area contributed by atoms with Gasteiger partial charge in [-0.05, 0) is 17.9 Å². The number of aromatic nitrogens is 1. The third kappa shape index (κ3) is 2.07. The van der Waals surface area contributed by atoms with Crippen LogP contribution in [0.25, 0.3) is 10.9 Å². The van der Waals surface area contributed by atoms with E-state index in [1.165, 1.54) is 5.56 Å². The summed E-state index contributed by atoms with van der Waals surface area (Å²) in [4.78, 5) is 15.7. The highest BCUT2D eigenvalue weighted by Gasteiger charge is 2.21. The highest BCUT2D eigenvalue weighted by Crippen LogP contribution is 2.26. The van der Waals surface area contributed by atoms with Gasteiger partial charge in [0, 0.05) is 28.6 Å². The number of hydrogen-bond acceptors (Lipinski definition) is 1. The van der Waals surface area contributed by atoms with Crippen molar-refractivity contribution < 1.29 is 4.79 Å². The van der Waals surface area contributed by atoms with Gasteiger partial charge in [0.05, 0.1) is 0 Å². The summed E-state index contributed by atoms with van der Waals surface area (Å²) in [5.74, 6) is 0.676. The van der Waals surface area contributed by atoms with Crippen molar-refractivity contribution in [1.82, 2.24) is 4.98 Å². The number of rotatable bonds is 4. The monoisotopic (exact) mass is 243 g/mol. The Balaban J connectivity index is 2.50. The number of aromatic amines is 1. The van der Waals surface area contributed by atoms with Crippen molar-refractivity contribution in [2.45, 2.75) is 34.1 Å². The van der Waals surface area contributed by atoms with E-state index in [1.54, 1.807) is 0 Å². The van der Waals surface area contributed by atoms with Crippen molar-refractivity contribution in [1.29, 1.82) is 0 Å². The molecule has 0 saturated heterocycles. The van der Waals surface area contributed by atoms with Gasteiger partial charge in [-0.25, -0.2) is 0 Å². The first-order chi connectivity index (χ1) is 8.56. The maximum atomic E-state index is 12.4. The Morgan fingerprint density at radius 3 is 2.61 bits per heavy atom. The van der Waals surface area contributed by atoms with Crippen LogP contribution in [0.2, 0.25) is 0 Å². The summed E-state index contributed by atoms with van der Waals surface area (Å²) in [6.07, 6.45) is 2.84. The zero-order chi connectivity index (χ0) is 13.3. The largest absolute Gasteiger partial charge is 0.360 e. The first-order valence-electron chi connectivity index (χ1n) is 6.69. The molecule has 2 heteroatoms. The van der Waals surface area contributed by atoms with Gasteiger partial charge in [-0.3, -0.25) is 4.79 Å². The third-order valence-corrected chi connectivity index (χ3v) is 3.86. The molecular weight excluding hydrogens is 222 g/mol. The van der Waals surface area contributed by atoms with E-state index < -0.39 is 0 Å². The van der Waals surface area contributed by atoms with Gasteiger partial charge in [0.2, 0.25) is 0 Å². The van der Waals surface area contributed by atoms with Crippen molar-refractivity contribution in [2.75, 3.05) is 0 Å². The Morgan fingerprint density at radius 2 is 2.00 bits per heavy atom. The fraction of sp³-hybridized carbons (Fsp3) is 0.438. The highest BCUT2D eigenvalue weighted by molar-refractivity contribution is 6.09. The van der Waals surface area contributed by atoms with Gasteiger partial charge < -0.3 is 4.98 Å². The van der Waals surface area contributed by atoms with Crippen LogP contribution in [0.1, 0.15) is 43.6 Å². The molecule has 1 N–H and O–H groups in total. The first kappa shape index (κ1) is 12.9. The number of carbonyl (C=O) groups excluding carboxylic acids is 1. The SMILES string of the molecule is CCc1cccc2c(C(=O)C(C)C(C)C)c[nH]c12. The summed E-state index contributed by atoms with van der Waals surface area (Å²) in [6, 6.07) is 6.18. The average Bonchev–Trinajstić information content (AvgIpc) is 2.80. The summed E-state index contributed by atoms with van der Waals surface area (Å²) < 4.78 is 0. The van der Waals surface area contributed by atoms with E-state index in [1.807, 2.05) is 25.3 Å². The first-order valence-corrected chi connectivity index (χ1v) is 6.69. The lowest BCUT2D eigenvalue weighted by Crippen LogP contribution is -2.16. The summed E-state index contributed by atoms with van der Waals surface area (Å²) in [6.45, 7) is 8.33. The number of Topliss-reactive ketones (excluding diaryl/α,β-unsaturated/α-hetero) is 1. The number of ketones is 1. The van der Waals surface area contributed by atoms with Crippen LogP contribution in [-0.2, 0) is 6.42 Å². The molecule has 0 radical (unpaired) electrons. The summed E-state index contributed by atoms with van der Waals surface area (Å²) >= 11 is 0. The summed E-state index contributed by atoms with van der Waals surface area (Å²) in [7, 11) is 0. The van der Waals surface area contributed by atoms with Crippen LogP contribution in [0, 0.1) is 11.8 Å². The van der Waals surface area contributed by atoms with E-state index in [0.717, 1.165) is 22.9 Å². The van der Waals surface area contributed by atoms with Crippen LogP contribution in [0.4, 0.5) is 0 Å². The van der Waals surface area contributed by atoms with Crippen molar-refractivity contribution in [3.8, 4) is 0 Å². The molecular formula is C16H21NO. The van der Waals surface area contributed by atoms with Crippen LogP contribution < -0.4 is 0 Å². The Hall–Kier alpha value is -1.57. The molecule has 1 aromatic heterocycles. The Kier molecular flexibility index (Phi) is 3.55. The molecule has 0 fully saturated rings. The number of hydrogen-bond donors (Lipinski definition) is 1. The minimum absolute atomic E-state index is 0.0642. The molecule has 1 aromatic carbocycles. The minimum Gasteiger partial charge on any atom is -0.360 e. The minimum atomic E-state index is 0.0642. The second-order valence-electron chi connectivity index (χ2n) is 5.29. The predicted molar refractivity (Wildman–Crippen MR) is 76.0 cm³/mol. The molecule has 0 aliphatic rings. The third-order valence-electron chi connectivity index (χ3n) is 3.86. The maximum absolute atomic E-state index is 12.4. The van der Waals surface area contributed by atoms with E-state index >= 15 is 0 Å². The number of carbonyl (C=O) groups is 1.